The van der Waals surface area contributed by atoms with Crippen molar-refractivity contribution in [2.45, 2.75) is 12.3 Å². The summed E-state index contributed by atoms with van der Waals surface area (Å²) in [6, 6.07) is 17.7. The van der Waals surface area contributed by atoms with Gasteiger partial charge in [0, 0.05) is 5.69 Å². The van der Waals surface area contributed by atoms with Crippen LogP contribution in [0.25, 0.3) is 0 Å². The van der Waals surface area contributed by atoms with Gasteiger partial charge >= 0.3 is 0 Å². The van der Waals surface area contributed by atoms with Gasteiger partial charge in [0.15, 0.2) is 0 Å². The third-order valence-corrected chi connectivity index (χ3v) is 4.07. The number of hydrogen-bond acceptors (Lipinski definition) is 5. The van der Waals surface area contributed by atoms with E-state index in [4.69, 9.17) is 15.7 Å². The van der Waals surface area contributed by atoms with Crippen molar-refractivity contribution in [1.82, 2.24) is 0 Å². The molecule has 0 spiro atoms. The number of hydrogen-bond donors (Lipinski definition) is 1. The highest BCUT2D eigenvalue weighted by Crippen LogP contribution is 2.31. The van der Waals surface area contributed by atoms with Gasteiger partial charge in [-0.1, -0.05) is 30.3 Å². The largest absolute Gasteiger partial charge is 0.343 e. The quantitative estimate of drug-likeness (QED) is 0.676. The minimum absolute atomic E-state index is 0.000473. The number of anilines is 1. The van der Waals surface area contributed by atoms with Crippen LogP contribution < -0.4 is 10.6 Å². The topological polar surface area (TPSA) is 96.4 Å². The molecule has 1 fully saturated rings. The molecule has 0 aromatic heterocycles. The van der Waals surface area contributed by atoms with Gasteiger partial charge in [-0.05, 0) is 29.8 Å². The van der Waals surface area contributed by atoms with Gasteiger partial charge in [-0.25, -0.2) is 4.79 Å². The molecule has 124 valence electrons. The van der Waals surface area contributed by atoms with E-state index in [9.17, 15) is 9.59 Å². The summed E-state index contributed by atoms with van der Waals surface area (Å²) in [4.78, 5) is 25.5. The molecule has 1 saturated heterocycles. The summed E-state index contributed by atoms with van der Waals surface area (Å²) >= 11 is 0. The number of rotatable bonds is 4. The first-order chi connectivity index (χ1) is 12.1. The van der Waals surface area contributed by atoms with Crippen LogP contribution in [0.2, 0.25) is 0 Å². The molecule has 0 bridgehead atoms. The lowest BCUT2D eigenvalue weighted by molar-refractivity contribution is -0.136. The molecule has 3 rings (SSSR count). The molecule has 0 saturated carbocycles. The highest BCUT2D eigenvalue weighted by Gasteiger charge is 2.50. The van der Waals surface area contributed by atoms with Gasteiger partial charge in [-0.3, -0.25) is 10.5 Å². The number of nitrogens with two attached hydrogens (primary N) is 1. The first-order valence-corrected chi connectivity index (χ1v) is 7.62. The van der Waals surface area contributed by atoms with E-state index >= 15 is 0 Å². The van der Waals surface area contributed by atoms with Crippen LogP contribution in [0.1, 0.15) is 11.1 Å². The number of ether oxygens (including phenoxy) is 1. The average Bonchev–Trinajstić information content (AvgIpc) is 2.92. The van der Waals surface area contributed by atoms with Crippen molar-refractivity contribution in [2.24, 2.45) is 5.73 Å². The molecule has 1 heterocycles. The van der Waals surface area contributed by atoms with E-state index in [1.807, 2.05) is 36.4 Å². The van der Waals surface area contributed by atoms with E-state index < -0.39 is 11.6 Å². The van der Waals surface area contributed by atoms with Crippen molar-refractivity contribution in [2.75, 3.05) is 11.4 Å². The minimum atomic E-state index is -1.84. The summed E-state index contributed by atoms with van der Waals surface area (Å²) in [5.41, 5.74) is 6.16. The van der Waals surface area contributed by atoms with Crippen molar-refractivity contribution in [3.63, 3.8) is 0 Å². The molecule has 1 atom stereocenters. The van der Waals surface area contributed by atoms with Crippen molar-refractivity contribution in [1.29, 1.82) is 5.26 Å². The fourth-order valence-electron chi connectivity index (χ4n) is 2.63. The zero-order chi connectivity index (χ0) is 17.9. The smallest absolute Gasteiger partial charge is 0.280 e. The minimum Gasteiger partial charge on any atom is -0.343 e. The van der Waals surface area contributed by atoms with Crippen LogP contribution in [-0.2, 0) is 20.9 Å². The number of carbonyl (C=O) groups is 1. The van der Waals surface area contributed by atoms with Crippen molar-refractivity contribution in [3.05, 3.63) is 71.3 Å². The highest BCUT2D eigenvalue weighted by molar-refractivity contribution is 6.07. The van der Waals surface area contributed by atoms with Crippen LogP contribution in [0, 0.1) is 11.3 Å². The Bertz CT molecular complexity index is 880. The molecule has 6 heteroatoms. The Kier molecular flexibility index (Phi) is 4.46. The summed E-state index contributed by atoms with van der Waals surface area (Å²) in [6.45, 7) is 0.0923. The third-order valence-electron chi connectivity index (χ3n) is 4.07. The molecule has 2 aromatic carbocycles. The van der Waals surface area contributed by atoms with Gasteiger partial charge in [0.2, 0.25) is 5.72 Å². The SMILES string of the molecule is N#Cc1ccc(N2CC(=C=O)C(N)(OCc3ccccc3)C2=O)cc1. The Morgan fingerprint density at radius 1 is 1.16 bits per heavy atom. The van der Waals surface area contributed by atoms with Crippen LogP contribution in [-0.4, -0.2) is 24.1 Å². The van der Waals surface area contributed by atoms with E-state index in [0.29, 0.717) is 11.3 Å². The molecule has 1 aliphatic rings. The first-order valence-electron chi connectivity index (χ1n) is 7.62. The normalized spacial score (nSPS) is 19.6. The number of nitrogens with zero attached hydrogens (tertiary/aromatic N) is 2. The van der Waals surface area contributed by atoms with Crippen molar-refractivity contribution >= 4 is 17.5 Å². The van der Waals surface area contributed by atoms with Gasteiger partial charge in [0.25, 0.3) is 5.91 Å². The zero-order valence-electron chi connectivity index (χ0n) is 13.3. The lowest BCUT2D eigenvalue weighted by Gasteiger charge is -2.23. The summed E-state index contributed by atoms with van der Waals surface area (Å²) < 4.78 is 5.62. The molecule has 25 heavy (non-hydrogen) atoms. The Morgan fingerprint density at radius 2 is 1.84 bits per heavy atom. The van der Waals surface area contributed by atoms with Crippen LogP contribution in [0.3, 0.4) is 0 Å². The van der Waals surface area contributed by atoms with E-state index in [1.165, 1.54) is 4.90 Å². The molecule has 6 nitrogen and oxygen atoms in total. The Labute approximate surface area is 144 Å². The van der Waals surface area contributed by atoms with Crippen LogP contribution in [0.5, 0.6) is 0 Å². The Balaban J connectivity index is 1.85. The predicted molar refractivity (Wildman–Crippen MR) is 90.9 cm³/mol. The fraction of sp³-hybridized carbons (Fsp3) is 0.158. The maximum Gasteiger partial charge on any atom is 0.280 e. The Hall–Kier alpha value is -3.23. The molecule has 1 unspecified atom stereocenters. The lowest BCUT2D eigenvalue weighted by Crippen LogP contribution is -2.51. The van der Waals surface area contributed by atoms with E-state index in [0.717, 1.165) is 5.56 Å². The van der Waals surface area contributed by atoms with Crippen molar-refractivity contribution < 1.29 is 14.3 Å². The van der Waals surface area contributed by atoms with E-state index in [2.05, 4.69) is 0 Å². The summed E-state index contributed by atoms with van der Waals surface area (Å²) in [5.74, 6) is 1.21. The van der Waals surface area contributed by atoms with Crippen LogP contribution >= 0.6 is 0 Å². The average molecular weight is 333 g/mol. The van der Waals surface area contributed by atoms with Crippen LogP contribution in [0.4, 0.5) is 5.69 Å². The van der Waals surface area contributed by atoms with Gasteiger partial charge in [-0.2, -0.15) is 5.26 Å². The maximum absolute atomic E-state index is 12.8. The third kappa shape index (κ3) is 3.08. The second kappa shape index (κ2) is 6.71. The fourth-order valence-corrected chi connectivity index (χ4v) is 2.63. The zero-order valence-corrected chi connectivity index (χ0v) is 13.3. The monoisotopic (exact) mass is 333 g/mol. The number of nitriles is 1. The number of amides is 1. The molecule has 0 aliphatic carbocycles. The lowest BCUT2D eigenvalue weighted by atomic mass is 10.1. The summed E-state index contributed by atoms with van der Waals surface area (Å²) in [7, 11) is 0. The summed E-state index contributed by atoms with van der Waals surface area (Å²) in [6.07, 6.45) is 0. The second-order valence-corrected chi connectivity index (χ2v) is 5.64. The molecular weight excluding hydrogens is 318 g/mol. The summed E-state index contributed by atoms with van der Waals surface area (Å²) in [5, 5.41) is 8.86. The Morgan fingerprint density at radius 3 is 2.44 bits per heavy atom. The van der Waals surface area contributed by atoms with E-state index in [-0.39, 0.29) is 18.7 Å². The van der Waals surface area contributed by atoms with Gasteiger partial charge in [-0.15, -0.1) is 0 Å². The number of benzene rings is 2. The van der Waals surface area contributed by atoms with E-state index in [1.54, 1.807) is 30.2 Å². The maximum atomic E-state index is 12.8. The molecule has 2 N–H and O–H groups in total. The molecule has 0 radical (unpaired) electrons. The molecular formula is C19H15N3O3. The highest BCUT2D eigenvalue weighted by atomic mass is 16.5. The second-order valence-electron chi connectivity index (χ2n) is 5.64. The molecule has 2 aromatic rings. The molecule has 1 aliphatic heterocycles. The van der Waals surface area contributed by atoms with Gasteiger partial charge in [0.05, 0.1) is 30.4 Å². The predicted octanol–water partition coefficient (Wildman–Crippen LogP) is 1.53. The number of carbonyl (C=O) groups excluding carboxylic acids is 2. The van der Waals surface area contributed by atoms with Crippen molar-refractivity contribution in [3.8, 4) is 6.07 Å². The first kappa shape index (κ1) is 16.6. The molecule has 1 amide bonds. The van der Waals surface area contributed by atoms with Crippen LogP contribution in [0.15, 0.2) is 60.2 Å². The van der Waals surface area contributed by atoms with Gasteiger partial charge < -0.3 is 9.64 Å². The van der Waals surface area contributed by atoms with Gasteiger partial charge in [0.1, 0.15) is 5.94 Å². The standard InChI is InChI=1S/C19H15N3O3/c20-10-14-6-8-17(9-7-14)22-11-16(12-23)19(21,18(22)24)25-13-15-4-2-1-3-5-15/h1-9H,11,13,21H2.